The molecule has 39 heavy (non-hydrogen) atoms. The van der Waals surface area contributed by atoms with E-state index >= 15 is 4.11 Å². The molecule has 1 saturated heterocycles. The second-order valence-corrected chi connectivity index (χ2v) is 14.9. The molecule has 206 valence electrons. The SMILES string of the molecule is C[C@@H]1[C@@H]([Si](C)(C)F)[C@H](CCn2cc(CCO)nn2)O[C@@H]1CCc1cccc(-n2ncc3ccccc3c2=O)c1. The molecule has 0 bridgehead atoms. The molecule has 0 unspecified atom stereocenters. The van der Waals surface area contributed by atoms with Gasteiger partial charge >= 0.3 is 0 Å². The molecule has 1 aliphatic rings. The van der Waals surface area contributed by atoms with Gasteiger partial charge < -0.3 is 14.0 Å². The number of halogens is 1. The van der Waals surface area contributed by atoms with Gasteiger partial charge in [-0.1, -0.05) is 42.5 Å². The molecule has 0 spiro atoms. The first-order valence-electron chi connectivity index (χ1n) is 13.6. The first-order chi connectivity index (χ1) is 18.7. The van der Waals surface area contributed by atoms with E-state index in [1.54, 1.807) is 24.0 Å². The summed E-state index contributed by atoms with van der Waals surface area (Å²) in [7, 11) is -2.98. The topological polar surface area (TPSA) is 95.1 Å². The van der Waals surface area contributed by atoms with Gasteiger partial charge in [0, 0.05) is 36.7 Å². The summed E-state index contributed by atoms with van der Waals surface area (Å²) in [4.78, 5) is 13.0. The normalized spacial score (nSPS) is 21.6. The monoisotopic (exact) mass is 549 g/mol. The van der Waals surface area contributed by atoms with E-state index in [1.807, 2.05) is 54.7 Å². The zero-order chi connectivity index (χ0) is 27.6. The molecular formula is C29H36FN5O3Si. The van der Waals surface area contributed by atoms with Crippen LogP contribution in [0.15, 0.2) is 65.7 Å². The van der Waals surface area contributed by atoms with E-state index in [-0.39, 0.29) is 35.8 Å². The largest absolute Gasteiger partial charge is 0.396 e. The highest BCUT2D eigenvalue weighted by atomic mass is 28.4. The van der Waals surface area contributed by atoms with Gasteiger partial charge in [-0.25, -0.2) is 0 Å². The Morgan fingerprint density at radius 1 is 1.08 bits per heavy atom. The first kappa shape index (κ1) is 27.4. The number of fused-ring (bicyclic) bond motifs is 1. The van der Waals surface area contributed by atoms with Crippen LogP contribution in [0.3, 0.4) is 0 Å². The van der Waals surface area contributed by atoms with Crippen molar-refractivity contribution in [3.05, 3.63) is 82.5 Å². The Hall–Kier alpha value is -3.21. The maximum Gasteiger partial charge on any atom is 0.279 e. The molecule has 0 saturated carbocycles. The Morgan fingerprint density at radius 2 is 1.90 bits per heavy atom. The molecule has 0 aliphatic carbocycles. The van der Waals surface area contributed by atoms with E-state index < -0.39 is 8.41 Å². The minimum absolute atomic E-state index is 0.0335. The van der Waals surface area contributed by atoms with E-state index in [9.17, 15) is 4.79 Å². The highest BCUT2D eigenvalue weighted by molar-refractivity contribution is 6.72. The summed E-state index contributed by atoms with van der Waals surface area (Å²) in [5.41, 5.74) is 2.31. The summed E-state index contributed by atoms with van der Waals surface area (Å²) < 4.78 is 25.2. The number of ether oxygens (including phenoxy) is 1. The van der Waals surface area contributed by atoms with Gasteiger partial charge in [-0.2, -0.15) is 9.78 Å². The second kappa shape index (κ2) is 11.5. The molecular weight excluding hydrogens is 513 g/mol. The van der Waals surface area contributed by atoms with Gasteiger partial charge in [-0.3, -0.25) is 9.48 Å². The lowest BCUT2D eigenvalue weighted by Crippen LogP contribution is -2.36. The zero-order valence-corrected chi connectivity index (χ0v) is 23.7. The lowest BCUT2D eigenvalue weighted by atomic mass is 9.95. The molecule has 10 heteroatoms. The van der Waals surface area contributed by atoms with Crippen molar-refractivity contribution < 1.29 is 14.0 Å². The standard InChI is InChI=1S/C29H36FN5O3Si/c1-20-26(38-27(28(20)39(2,3)30)13-15-34-19-23(14-16-36)32-33-34)12-11-21-7-6-9-24(17-21)35-29(37)25-10-5-4-8-22(25)18-31-35/h4-10,17-20,26-28,36H,11-16H2,1-3H3/t20-,26+,27-,28+/m0/s1. The Balaban J connectivity index is 1.27. The van der Waals surface area contributed by atoms with Crippen LogP contribution in [0.4, 0.5) is 4.11 Å². The predicted octanol–water partition coefficient (Wildman–Crippen LogP) is 4.48. The molecule has 2 aromatic heterocycles. The average Bonchev–Trinajstić information content (AvgIpc) is 3.50. The Bertz CT molecular complexity index is 1480. The fourth-order valence-electron chi connectivity index (χ4n) is 6.01. The summed E-state index contributed by atoms with van der Waals surface area (Å²) in [6, 6.07) is 15.3. The van der Waals surface area contributed by atoms with Crippen LogP contribution in [0.1, 0.15) is 31.0 Å². The Labute approximate surface area is 228 Å². The van der Waals surface area contributed by atoms with Crippen LogP contribution < -0.4 is 5.56 Å². The molecule has 5 rings (SSSR count). The van der Waals surface area contributed by atoms with Gasteiger partial charge in [0.15, 0.2) is 0 Å². The van der Waals surface area contributed by atoms with Crippen molar-refractivity contribution in [1.82, 2.24) is 24.8 Å². The average molecular weight is 550 g/mol. The third-order valence-corrected chi connectivity index (χ3v) is 10.3. The number of rotatable bonds is 10. The predicted molar refractivity (Wildman–Crippen MR) is 151 cm³/mol. The number of nitrogens with zero attached hydrogens (tertiary/aromatic N) is 5. The maximum atomic E-state index is 15.5. The molecule has 1 aliphatic heterocycles. The van der Waals surface area contributed by atoms with E-state index in [0.29, 0.717) is 24.8 Å². The maximum absolute atomic E-state index is 15.5. The fourth-order valence-corrected chi connectivity index (χ4v) is 8.61. The lowest BCUT2D eigenvalue weighted by molar-refractivity contribution is 0.0247. The number of benzene rings is 2. The van der Waals surface area contributed by atoms with Crippen molar-refractivity contribution in [2.75, 3.05) is 6.61 Å². The highest BCUT2D eigenvalue weighted by Crippen LogP contribution is 2.47. The minimum Gasteiger partial charge on any atom is -0.396 e. The van der Waals surface area contributed by atoms with Crippen LogP contribution in [0, 0.1) is 5.92 Å². The summed E-state index contributed by atoms with van der Waals surface area (Å²) in [5.74, 6) is 0.107. The van der Waals surface area contributed by atoms with Crippen LogP contribution in [-0.2, 0) is 24.1 Å². The van der Waals surface area contributed by atoms with Crippen LogP contribution >= 0.6 is 0 Å². The van der Waals surface area contributed by atoms with E-state index in [4.69, 9.17) is 9.84 Å². The van der Waals surface area contributed by atoms with E-state index in [1.165, 1.54) is 4.68 Å². The van der Waals surface area contributed by atoms with Crippen LogP contribution in [0.25, 0.3) is 16.5 Å². The summed E-state index contributed by atoms with van der Waals surface area (Å²) in [6.45, 7) is 6.30. The zero-order valence-electron chi connectivity index (χ0n) is 22.7. The summed E-state index contributed by atoms with van der Waals surface area (Å²) in [5, 5.41) is 23.2. The highest BCUT2D eigenvalue weighted by Gasteiger charge is 2.50. The number of aliphatic hydroxyl groups excluding tert-OH is 1. The molecule has 4 atom stereocenters. The Morgan fingerprint density at radius 3 is 2.69 bits per heavy atom. The molecule has 8 nitrogen and oxygen atoms in total. The van der Waals surface area contributed by atoms with Crippen molar-refractivity contribution in [2.24, 2.45) is 5.92 Å². The van der Waals surface area contributed by atoms with Crippen LogP contribution in [0.5, 0.6) is 0 Å². The van der Waals surface area contributed by atoms with E-state index in [2.05, 4.69) is 22.3 Å². The van der Waals surface area contributed by atoms with Gasteiger partial charge in [-0.15, -0.1) is 5.10 Å². The number of aromatic nitrogens is 5. The first-order valence-corrected chi connectivity index (χ1v) is 16.6. The smallest absolute Gasteiger partial charge is 0.279 e. The van der Waals surface area contributed by atoms with Crippen molar-refractivity contribution in [2.45, 2.75) is 70.0 Å². The van der Waals surface area contributed by atoms with Crippen LogP contribution in [0.2, 0.25) is 18.6 Å². The summed E-state index contributed by atoms with van der Waals surface area (Å²) >= 11 is 0. The molecule has 3 heterocycles. The van der Waals surface area contributed by atoms with Gasteiger partial charge in [0.1, 0.15) is 0 Å². The van der Waals surface area contributed by atoms with E-state index in [0.717, 1.165) is 35.2 Å². The number of aliphatic hydroxyl groups is 1. The molecule has 1 fully saturated rings. The third kappa shape index (κ3) is 6.02. The van der Waals surface area contributed by atoms with Crippen molar-refractivity contribution in [1.29, 1.82) is 0 Å². The van der Waals surface area contributed by atoms with Crippen LogP contribution in [-0.4, -0.2) is 57.1 Å². The van der Waals surface area contributed by atoms with Gasteiger partial charge in [0.05, 0.1) is 35.2 Å². The third-order valence-electron chi connectivity index (χ3n) is 7.86. The lowest BCUT2D eigenvalue weighted by Gasteiger charge is -2.28. The molecule has 4 aromatic rings. The fraction of sp³-hybridized carbons (Fsp3) is 0.448. The van der Waals surface area contributed by atoms with Gasteiger partial charge in [-0.05, 0) is 62.0 Å². The molecule has 2 aromatic carbocycles. The number of hydrogen-bond acceptors (Lipinski definition) is 6. The molecule has 0 amide bonds. The van der Waals surface area contributed by atoms with Crippen molar-refractivity contribution in [3.8, 4) is 5.69 Å². The van der Waals surface area contributed by atoms with Gasteiger partial charge in [0.2, 0.25) is 8.41 Å². The Kier molecular flexibility index (Phi) is 8.06. The second-order valence-electron chi connectivity index (χ2n) is 11.1. The molecule has 1 N–H and O–H groups in total. The van der Waals surface area contributed by atoms with Crippen molar-refractivity contribution in [3.63, 3.8) is 0 Å². The molecule has 0 radical (unpaired) electrons. The van der Waals surface area contributed by atoms with Crippen molar-refractivity contribution >= 4 is 19.2 Å². The summed E-state index contributed by atoms with van der Waals surface area (Å²) in [6.07, 6.45) is 5.99. The number of hydrogen-bond donors (Lipinski definition) is 1. The number of aryl methyl sites for hydroxylation is 2. The quantitative estimate of drug-likeness (QED) is 0.232. The van der Waals surface area contributed by atoms with Gasteiger partial charge in [0.25, 0.3) is 5.56 Å². The minimum atomic E-state index is -2.98.